The fourth-order valence-electron chi connectivity index (χ4n) is 2.19. The van der Waals surface area contributed by atoms with E-state index in [2.05, 4.69) is 35.1 Å². The SMILES string of the molecule is CCC(CC)(CBr)CNC(=O)c1c(C)cccc1[N+](=O)[O-]. The largest absolute Gasteiger partial charge is 0.351 e. The molecule has 0 aliphatic carbocycles. The molecule has 1 N–H and O–H groups in total. The van der Waals surface area contributed by atoms with Gasteiger partial charge in [-0.1, -0.05) is 41.9 Å². The number of nitro groups is 1. The van der Waals surface area contributed by atoms with Crippen LogP contribution in [0.2, 0.25) is 0 Å². The van der Waals surface area contributed by atoms with Crippen molar-refractivity contribution in [3.63, 3.8) is 0 Å². The molecular formula is C15H21BrN2O3. The smallest absolute Gasteiger partial charge is 0.282 e. The second kappa shape index (κ2) is 7.54. The maximum Gasteiger partial charge on any atom is 0.282 e. The molecule has 1 aromatic carbocycles. The Balaban J connectivity index is 2.98. The summed E-state index contributed by atoms with van der Waals surface area (Å²) in [5.41, 5.74) is 0.592. The molecule has 0 bridgehead atoms. The number of carbonyl (C=O) groups excluding carboxylic acids is 1. The van der Waals surface area contributed by atoms with Gasteiger partial charge >= 0.3 is 0 Å². The monoisotopic (exact) mass is 356 g/mol. The predicted molar refractivity (Wildman–Crippen MR) is 87.0 cm³/mol. The molecule has 6 heteroatoms. The molecule has 1 rings (SSSR count). The Kier molecular flexibility index (Phi) is 6.33. The van der Waals surface area contributed by atoms with E-state index in [1.807, 2.05) is 0 Å². The third-order valence-electron chi connectivity index (χ3n) is 4.08. The molecule has 0 heterocycles. The number of nitro benzene ring substituents is 1. The molecule has 116 valence electrons. The molecule has 21 heavy (non-hydrogen) atoms. The lowest BCUT2D eigenvalue weighted by atomic mass is 9.84. The van der Waals surface area contributed by atoms with Crippen LogP contribution in [-0.4, -0.2) is 22.7 Å². The molecule has 0 unspecified atom stereocenters. The number of carbonyl (C=O) groups is 1. The van der Waals surface area contributed by atoms with E-state index in [9.17, 15) is 14.9 Å². The lowest BCUT2D eigenvalue weighted by molar-refractivity contribution is -0.385. The molecule has 0 aromatic heterocycles. The third kappa shape index (κ3) is 4.03. The number of hydrogen-bond acceptors (Lipinski definition) is 3. The van der Waals surface area contributed by atoms with Crippen LogP contribution in [0.1, 0.15) is 42.6 Å². The zero-order chi connectivity index (χ0) is 16.0. The van der Waals surface area contributed by atoms with E-state index in [0.29, 0.717) is 12.1 Å². The standard InChI is InChI=1S/C15H21BrN2O3/c1-4-15(5-2,9-16)10-17-14(19)13-11(3)7-6-8-12(13)18(20)21/h6-8H,4-5,9-10H2,1-3H3,(H,17,19). The average Bonchev–Trinajstić information content (AvgIpc) is 2.48. The summed E-state index contributed by atoms with van der Waals surface area (Å²) in [6, 6.07) is 4.66. The van der Waals surface area contributed by atoms with Gasteiger partial charge in [0.2, 0.25) is 0 Å². The first-order valence-corrected chi connectivity index (χ1v) is 8.11. The van der Waals surface area contributed by atoms with Gasteiger partial charge in [-0.2, -0.15) is 0 Å². The number of alkyl halides is 1. The van der Waals surface area contributed by atoms with Crippen molar-refractivity contribution in [2.45, 2.75) is 33.6 Å². The highest BCUT2D eigenvalue weighted by Crippen LogP contribution is 2.28. The van der Waals surface area contributed by atoms with E-state index < -0.39 is 4.92 Å². The average molecular weight is 357 g/mol. The number of halogens is 1. The second-order valence-electron chi connectivity index (χ2n) is 5.25. The van der Waals surface area contributed by atoms with Gasteiger partial charge in [0, 0.05) is 17.9 Å². The molecule has 0 spiro atoms. The Morgan fingerprint density at radius 2 is 2.00 bits per heavy atom. The summed E-state index contributed by atoms with van der Waals surface area (Å²) >= 11 is 3.49. The van der Waals surface area contributed by atoms with Crippen LogP contribution in [0.15, 0.2) is 18.2 Å². The van der Waals surface area contributed by atoms with E-state index in [4.69, 9.17) is 0 Å². The Morgan fingerprint density at radius 1 is 1.38 bits per heavy atom. The van der Waals surface area contributed by atoms with E-state index in [-0.39, 0.29) is 22.6 Å². The zero-order valence-electron chi connectivity index (χ0n) is 12.6. The second-order valence-corrected chi connectivity index (χ2v) is 5.81. The lowest BCUT2D eigenvalue weighted by Crippen LogP contribution is -2.38. The molecule has 0 saturated carbocycles. The van der Waals surface area contributed by atoms with Crippen molar-refractivity contribution < 1.29 is 9.72 Å². The van der Waals surface area contributed by atoms with E-state index >= 15 is 0 Å². The van der Waals surface area contributed by atoms with Crippen LogP contribution in [0.25, 0.3) is 0 Å². The number of nitrogens with zero attached hydrogens (tertiary/aromatic N) is 1. The van der Waals surface area contributed by atoms with Crippen LogP contribution < -0.4 is 5.32 Å². The Labute approximate surface area is 133 Å². The minimum absolute atomic E-state index is 0.0207. The van der Waals surface area contributed by atoms with Crippen molar-refractivity contribution in [3.8, 4) is 0 Å². The molecule has 0 aliphatic rings. The van der Waals surface area contributed by atoms with Crippen LogP contribution in [0.4, 0.5) is 5.69 Å². The molecule has 1 amide bonds. The van der Waals surface area contributed by atoms with Crippen molar-refractivity contribution in [1.82, 2.24) is 5.32 Å². The van der Waals surface area contributed by atoms with Crippen LogP contribution in [0.3, 0.4) is 0 Å². The van der Waals surface area contributed by atoms with Gasteiger partial charge in [0.25, 0.3) is 11.6 Å². The molecule has 0 radical (unpaired) electrons. The normalized spacial score (nSPS) is 11.2. The first-order valence-electron chi connectivity index (χ1n) is 6.99. The molecule has 0 aliphatic heterocycles. The van der Waals surface area contributed by atoms with Crippen molar-refractivity contribution in [2.75, 3.05) is 11.9 Å². The molecule has 0 saturated heterocycles. The van der Waals surface area contributed by atoms with E-state index in [0.717, 1.165) is 18.2 Å². The van der Waals surface area contributed by atoms with Gasteiger partial charge in [0.1, 0.15) is 5.56 Å². The summed E-state index contributed by atoms with van der Waals surface area (Å²) < 4.78 is 0. The Hall–Kier alpha value is -1.43. The maximum atomic E-state index is 12.4. The van der Waals surface area contributed by atoms with Crippen molar-refractivity contribution in [1.29, 1.82) is 0 Å². The lowest BCUT2D eigenvalue weighted by Gasteiger charge is -2.29. The first kappa shape index (κ1) is 17.6. The number of aryl methyl sites for hydroxylation is 1. The highest BCUT2D eigenvalue weighted by atomic mass is 79.9. The number of hydrogen-bond donors (Lipinski definition) is 1. The fourth-order valence-corrected chi connectivity index (χ4v) is 3.18. The van der Waals surface area contributed by atoms with Crippen LogP contribution in [-0.2, 0) is 0 Å². The summed E-state index contributed by atoms with van der Waals surface area (Å²) in [7, 11) is 0. The summed E-state index contributed by atoms with van der Waals surface area (Å²) in [4.78, 5) is 22.9. The zero-order valence-corrected chi connectivity index (χ0v) is 14.2. The number of nitrogens with one attached hydrogen (secondary N) is 1. The van der Waals surface area contributed by atoms with Crippen LogP contribution in [0.5, 0.6) is 0 Å². The fraction of sp³-hybridized carbons (Fsp3) is 0.533. The van der Waals surface area contributed by atoms with Gasteiger partial charge in [-0.25, -0.2) is 0 Å². The quantitative estimate of drug-likeness (QED) is 0.458. The van der Waals surface area contributed by atoms with Crippen LogP contribution >= 0.6 is 15.9 Å². The van der Waals surface area contributed by atoms with Gasteiger partial charge in [-0.3, -0.25) is 14.9 Å². The van der Waals surface area contributed by atoms with Gasteiger partial charge in [0.05, 0.1) is 4.92 Å². The summed E-state index contributed by atoms with van der Waals surface area (Å²) in [6.07, 6.45) is 1.84. The maximum absolute atomic E-state index is 12.4. The van der Waals surface area contributed by atoms with Crippen LogP contribution in [0, 0.1) is 22.5 Å². The Morgan fingerprint density at radius 3 is 2.48 bits per heavy atom. The van der Waals surface area contributed by atoms with Gasteiger partial charge in [-0.15, -0.1) is 0 Å². The highest BCUT2D eigenvalue weighted by Gasteiger charge is 2.28. The van der Waals surface area contributed by atoms with Gasteiger partial charge in [-0.05, 0) is 30.7 Å². The number of amides is 1. The topological polar surface area (TPSA) is 72.2 Å². The summed E-state index contributed by atoms with van der Waals surface area (Å²) in [5, 5.41) is 14.7. The van der Waals surface area contributed by atoms with Gasteiger partial charge < -0.3 is 5.32 Å². The molecule has 1 aromatic rings. The minimum Gasteiger partial charge on any atom is -0.351 e. The Bertz CT molecular complexity index is 519. The van der Waals surface area contributed by atoms with Crippen molar-refractivity contribution in [2.24, 2.45) is 5.41 Å². The number of rotatable bonds is 7. The molecule has 5 nitrogen and oxygen atoms in total. The predicted octanol–water partition coefficient (Wildman–Crippen LogP) is 3.83. The molecule has 0 atom stereocenters. The first-order chi connectivity index (χ1) is 9.90. The van der Waals surface area contributed by atoms with E-state index in [1.165, 1.54) is 6.07 Å². The minimum atomic E-state index is -0.515. The molecule has 0 fully saturated rings. The summed E-state index contributed by atoms with van der Waals surface area (Å²) in [5.74, 6) is -0.382. The van der Waals surface area contributed by atoms with Gasteiger partial charge in [0.15, 0.2) is 0 Å². The summed E-state index contributed by atoms with van der Waals surface area (Å²) in [6.45, 7) is 6.36. The molecular weight excluding hydrogens is 336 g/mol. The van der Waals surface area contributed by atoms with E-state index in [1.54, 1.807) is 19.1 Å². The highest BCUT2D eigenvalue weighted by molar-refractivity contribution is 9.09. The third-order valence-corrected chi connectivity index (χ3v) is 5.27. The van der Waals surface area contributed by atoms with Crippen molar-refractivity contribution in [3.05, 3.63) is 39.4 Å². The number of benzene rings is 1. The van der Waals surface area contributed by atoms with Crippen molar-refractivity contribution >= 4 is 27.5 Å².